The van der Waals surface area contributed by atoms with Crippen LogP contribution in [0.3, 0.4) is 0 Å². The maximum absolute atomic E-state index is 9.76. The summed E-state index contributed by atoms with van der Waals surface area (Å²) < 4.78 is 0. The molecule has 0 saturated carbocycles. The minimum Gasteiger partial charge on any atom is -0.391 e. The van der Waals surface area contributed by atoms with Crippen molar-refractivity contribution in [3.63, 3.8) is 0 Å². The number of hydrogen-bond acceptors (Lipinski definition) is 6. The van der Waals surface area contributed by atoms with Crippen LogP contribution in [-0.2, 0) is 0 Å². The molecule has 21 heavy (non-hydrogen) atoms. The van der Waals surface area contributed by atoms with Crippen molar-refractivity contribution in [2.75, 3.05) is 49.5 Å². The number of aliphatic hydroxyl groups excluding tert-OH is 1. The van der Waals surface area contributed by atoms with Gasteiger partial charge in [-0.15, -0.1) is 0 Å². The molecule has 0 aromatic carbocycles. The third-order valence-electron chi connectivity index (χ3n) is 3.97. The molecule has 1 fully saturated rings. The maximum Gasteiger partial charge on any atom is 0.224 e. The van der Waals surface area contributed by atoms with Crippen LogP contribution in [0, 0.1) is 0 Å². The average molecular weight is 293 g/mol. The SMILES string of the molecule is CCN(CC)CCNc1nccc(N2CCC[C@@H](O)C2)n1. The van der Waals surface area contributed by atoms with Gasteiger partial charge in [0.15, 0.2) is 0 Å². The van der Waals surface area contributed by atoms with Crippen LogP contribution in [-0.4, -0.2) is 65.3 Å². The summed E-state index contributed by atoms with van der Waals surface area (Å²) >= 11 is 0. The quantitative estimate of drug-likeness (QED) is 0.787. The smallest absolute Gasteiger partial charge is 0.224 e. The van der Waals surface area contributed by atoms with Gasteiger partial charge in [-0.3, -0.25) is 0 Å². The predicted octanol–water partition coefficient (Wildman–Crippen LogP) is 1.19. The second-order valence-electron chi connectivity index (χ2n) is 5.43. The van der Waals surface area contributed by atoms with Gasteiger partial charge >= 0.3 is 0 Å². The van der Waals surface area contributed by atoms with Crippen molar-refractivity contribution < 1.29 is 5.11 Å². The summed E-state index contributed by atoms with van der Waals surface area (Å²) in [5.41, 5.74) is 0. The van der Waals surface area contributed by atoms with Crippen molar-refractivity contribution in [2.24, 2.45) is 0 Å². The minimum atomic E-state index is -0.243. The maximum atomic E-state index is 9.76. The van der Waals surface area contributed by atoms with Gasteiger partial charge in [0.05, 0.1) is 6.10 Å². The lowest BCUT2D eigenvalue weighted by atomic mass is 10.1. The van der Waals surface area contributed by atoms with E-state index in [0.717, 1.165) is 51.4 Å². The van der Waals surface area contributed by atoms with Crippen molar-refractivity contribution in [2.45, 2.75) is 32.8 Å². The van der Waals surface area contributed by atoms with E-state index in [2.05, 4.69) is 38.9 Å². The number of anilines is 2. The van der Waals surface area contributed by atoms with E-state index in [1.165, 1.54) is 0 Å². The molecule has 1 aromatic heterocycles. The summed E-state index contributed by atoms with van der Waals surface area (Å²) in [6, 6.07) is 1.91. The number of aliphatic hydroxyl groups is 1. The van der Waals surface area contributed by atoms with Crippen LogP contribution in [0.1, 0.15) is 26.7 Å². The molecule has 1 aliphatic rings. The van der Waals surface area contributed by atoms with E-state index in [0.29, 0.717) is 12.5 Å². The van der Waals surface area contributed by atoms with Crippen molar-refractivity contribution in [3.8, 4) is 0 Å². The van der Waals surface area contributed by atoms with Crippen molar-refractivity contribution in [1.29, 1.82) is 0 Å². The van der Waals surface area contributed by atoms with Gasteiger partial charge < -0.3 is 20.2 Å². The fraction of sp³-hybridized carbons (Fsp3) is 0.733. The first-order chi connectivity index (χ1) is 10.2. The highest BCUT2D eigenvalue weighted by Gasteiger charge is 2.19. The zero-order chi connectivity index (χ0) is 15.1. The molecule has 0 aliphatic carbocycles. The number of rotatable bonds is 7. The molecule has 2 N–H and O–H groups in total. The molecule has 0 unspecified atom stereocenters. The molecule has 2 heterocycles. The molecule has 118 valence electrons. The largest absolute Gasteiger partial charge is 0.391 e. The van der Waals surface area contributed by atoms with Crippen molar-refractivity contribution in [1.82, 2.24) is 14.9 Å². The Labute approximate surface area is 127 Å². The number of piperidine rings is 1. The Morgan fingerprint density at radius 2 is 2.24 bits per heavy atom. The van der Waals surface area contributed by atoms with Crippen LogP contribution in [0.5, 0.6) is 0 Å². The fourth-order valence-corrected chi connectivity index (χ4v) is 2.64. The first-order valence-corrected chi connectivity index (χ1v) is 7.95. The molecular formula is C15H27N5O. The molecule has 0 spiro atoms. The topological polar surface area (TPSA) is 64.5 Å². The molecule has 0 amide bonds. The molecule has 1 aliphatic heterocycles. The molecule has 6 nitrogen and oxygen atoms in total. The summed E-state index contributed by atoms with van der Waals surface area (Å²) in [5, 5.41) is 13.0. The molecule has 1 aromatic rings. The van der Waals surface area contributed by atoms with Crippen molar-refractivity contribution >= 4 is 11.8 Å². The van der Waals surface area contributed by atoms with Gasteiger partial charge in [-0.2, -0.15) is 4.98 Å². The predicted molar refractivity (Wildman–Crippen MR) is 85.8 cm³/mol. The summed E-state index contributed by atoms with van der Waals surface area (Å²) in [7, 11) is 0. The van der Waals surface area contributed by atoms with E-state index in [9.17, 15) is 5.11 Å². The van der Waals surface area contributed by atoms with E-state index in [-0.39, 0.29) is 6.10 Å². The van der Waals surface area contributed by atoms with Crippen LogP contribution in [0.2, 0.25) is 0 Å². The lowest BCUT2D eigenvalue weighted by Gasteiger charge is -2.31. The third-order valence-corrected chi connectivity index (χ3v) is 3.97. The van der Waals surface area contributed by atoms with Crippen LogP contribution in [0.4, 0.5) is 11.8 Å². The molecule has 1 atom stereocenters. The monoisotopic (exact) mass is 293 g/mol. The zero-order valence-electron chi connectivity index (χ0n) is 13.1. The summed E-state index contributed by atoms with van der Waals surface area (Å²) in [6.45, 7) is 9.90. The van der Waals surface area contributed by atoms with Crippen molar-refractivity contribution in [3.05, 3.63) is 12.3 Å². The van der Waals surface area contributed by atoms with E-state index >= 15 is 0 Å². The van der Waals surface area contributed by atoms with Gasteiger partial charge in [0.1, 0.15) is 5.82 Å². The molecule has 0 bridgehead atoms. The summed E-state index contributed by atoms with van der Waals surface area (Å²) in [6.07, 6.45) is 3.43. The fourth-order valence-electron chi connectivity index (χ4n) is 2.64. The highest BCUT2D eigenvalue weighted by Crippen LogP contribution is 2.18. The summed E-state index contributed by atoms with van der Waals surface area (Å²) in [4.78, 5) is 13.3. The Bertz CT molecular complexity index is 424. The van der Waals surface area contributed by atoms with E-state index in [1.54, 1.807) is 6.20 Å². The van der Waals surface area contributed by atoms with Gasteiger partial charge in [-0.1, -0.05) is 13.8 Å². The lowest BCUT2D eigenvalue weighted by Crippen LogP contribution is -2.38. The highest BCUT2D eigenvalue weighted by atomic mass is 16.3. The van der Waals surface area contributed by atoms with Gasteiger partial charge in [0.25, 0.3) is 0 Å². The lowest BCUT2D eigenvalue weighted by molar-refractivity contribution is 0.154. The van der Waals surface area contributed by atoms with Gasteiger partial charge in [0.2, 0.25) is 5.95 Å². The second kappa shape index (κ2) is 8.14. The molecule has 0 radical (unpaired) electrons. The Morgan fingerprint density at radius 1 is 1.43 bits per heavy atom. The number of nitrogens with one attached hydrogen (secondary N) is 1. The number of likely N-dealkylation sites (N-methyl/N-ethyl adjacent to an activating group) is 1. The third kappa shape index (κ3) is 4.82. The first-order valence-electron chi connectivity index (χ1n) is 7.95. The standard InChI is InChI=1S/C15H27N5O/c1-3-19(4-2)11-9-17-15-16-8-7-14(18-15)20-10-5-6-13(21)12-20/h7-8,13,21H,3-6,9-12H2,1-2H3,(H,16,17,18)/t13-/m1/s1. The van der Waals surface area contributed by atoms with Crippen LogP contribution >= 0.6 is 0 Å². The van der Waals surface area contributed by atoms with E-state index in [4.69, 9.17) is 0 Å². The average Bonchev–Trinajstić information content (AvgIpc) is 2.52. The Morgan fingerprint density at radius 3 is 2.95 bits per heavy atom. The number of β-amino-alcohol motifs (C(OH)–C–C–N with tert-alkyl or cyclic N) is 1. The van der Waals surface area contributed by atoms with Gasteiger partial charge in [-0.25, -0.2) is 4.98 Å². The van der Waals surface area contributed by atoms with E-state index in [1.807, 2.05) is 6.07 Å². The molecule has 6 heteroatoms. The Kier molecular flexibility index (Phi) is 6.20. The first kappa shape index (κ1) is 16.0. The van der Waals surface area contributed by atoms with Crippen LogP contribution in [0.25, 0.3) is 0 Å². The molecule has 1 saturated heterocycles. The Balaban J connectivity index is 1.88. The number of aromatic nitrogens is 2. The Hall–Kier alpha value is -1.40. The molecule has 2 rings (SSSR count). The minimum absolute atomic E-state index is 0.243. The zero-order valence-corrected chi connectivity index (χ0v) is 13.1. The highest BCUT2D eigenvalue weighted by molar-refractivity contribution is 5.43. The van der Waals surface area contributed by atoms with Crippen LogP contribution in [0.15, 0.2) is 12.3 Å². The van der Waals surface area contributed by atoms with Gasteiger partial charge in [-0.05, 0) is 32.0 Å². The second-order valence-corrected chi connectivity index (χ2v) is 5.43. The molecular weight excluding hydrogens is 266 g/mol. The van der Waals surface area contributed by atoms with Crippen LogP contribution < -0.4 is 10.2 Å². The number of hydrogen-bond donors (Lipinski definition) is 2. The summed E-state index contributed by atoms with van der Waals surface area (Å²) in [5.74, 6) is 1.56. The van der Waals surface area contributed by atoms with Gasteiger partial charge in [0, 0.05) is 32.4 Å². The van der Waals surface area contributed by atoms with E-state index < -0.39 is 0 Å². The number of nitrogens with zero attached hydrogens (tertiary/aromatic N) is 4. The normalized spacial score (nSPS) is 19.0.